The van der Waals surface area contributed by atoms with Crippen molar-refractivity contribution in [3.63, 3.8) is 0 Å². The van der Waals surface area contributed by atoms with E-state index in [2.05, 4.69) is 24.1 Å². The Labute approximate surface area is 101 Å². The minimum atomic E-state index is 0.760. The number of piperidine rings is 1. The van der Waals surface area contributed by atoms with Crippen LogP contribution in [-0.4, -0.2) is 36.6 Å². The number of rotatable bonds is 6. The summed E-state index contributed by atoms with van der Waals surface area (Å²) in [4.78, 5) is 2.72. The van der Waals surface area contributed by atoms with E-state index in [0.29, 0.717) is 0 Å². The van der Waals surface area contributed by atoms with E-state index in [1.807, 2.05) is 0 Å². The van der Waals surface area contributed by atoms with E-state index in [1.165, 1.54) is 58.2 Å². The second-order valence-corrected chi connectivity index (χ2v) is 5.82. The van der Waals surface area contributed by atoms with Crippen LogP contribution in [0.1, 0.15) is 52.4 Å². The number of hydrogen-bond donors (Lipinski definition) is 1. The van der Waals surface area contributed by atoms with E-state index in [-0.39, 0.29) is 0 Å². The maximum absolute atomic E-state index is 3.68. The van der Waals surface area contributed by atoms with Crippen molar-refractivity contribution in [2.75, 3.05) is 19.6 Å². The van der Waals surface area contributed by atoms with Gasteiger partial charge in [0.05, 0.1) is 0 Å². The van der Waals surface area contributed by atoms with Crippen LogP contribution in [0.25, 0.3) is 0 Å². The van der Waals surface area contributed by atoms with Crippen LogP contribution in [0.15, 0.2) is 0 Å². The summed E-state index contributed by atoms with van der Waals surface area (Å²) in [6.45, 7) is 8.49. The number of hydrogen-bond acceptors (Lipinski definition) is 2. The first-order chi connectivity index (χ1) is 7.79. The van der Waals surface area contributed by atoms with Crippen molar-refractivity contribution in [2.24, 2.45) is 5.92 Å². The molecule has 1 heterocycles. The molecule has 2 atom stereocenters. The molecule has 2 rings (SSSR count). The van der Waals surface area contributed by atoms with E-state index in [4.69, 9.17) is 0 Å². The van der Waals surface area contributed by atoms with Crippen LogP contribution >= 0.6 is 0 Å². The lowest BCUT2D eigenvalue weighted by atomic mass is 10.0. The zero-order chi connectivity index (χ0) is 11.4. The fraction of sp³-hybridized carbons (Fsp3) is 1.00. The quantitative estimate of drug-likeness (QED) is 0.746. The van der Waals surface area contributed by atoms with Gasteiger partial charge in [0.15, 0.2) is 0 Å². The maximum atomic E-state index is 3.68. The largest absolute Gasteiger partial charge is 0.313 e. The second kappa shape index (κ2) is 6.02. The number of likely N-dealkylation sites (tertiary alicyclic amines) is 1. The number of nitrogens with zero attached hydrogens (tertiary/aromatic N) is 1. The van der Waals surface area contributed by atoms with Crippen molar-refractivity contribution in [3.8, 4) is 0 Å². The molecule has 2 unspecified atom stereocenters. The van der Waals surface area contributed by atoms with E-state index in [9.17, 15) is 0 Å². The predicted octanol–water partition coefficient (Wildman–Crippen LogP) is 2.64. The standard InChI is InChI=1S/C14H28N2/c1-3-8-15-14-5-4-9-16(11-14)12(2)10-13-6-7-13/h12-15H,3-11H2,1-2H3. The highest BCUT2D eigenvalue weighted by Gasteiger charge is 2.28. The van der Waals surface area contributed by atoms with E-state index in [1.54, 1.807) is 0 Å². The van der Waals surface area contributed by atoms with Crippen LogP contribution in [0.3, 0.4) is 0 Å². The molecule has 16 heavy (non-hydrogen) atoms. The Kier molecular flexibility index (Phi) is 4.66. The highest BCUT2D eigenvalue weighted by molar-refractivity contribution is 4.84. The molecule has 2 aliphatic rings. The predicted molar refractivity (Wildman–Crippen MR) is 69.7 cm³/mol. The molecule has 0 radical (unpaired) electrons. The summed E-state index contributed by atoms with van der Waals surface area (Å²) >= 11 is 0. The van der Waals surface area contributed by atoms with Crippen molar-refractivity contribution >= 4 is 0 Å². The molecule has 94 valence electrons. The molecule has 0 aromatic rings. The summed E-state index contributed by atoms with van der Waals surface area (Å²) in [6, 6.07) is 1.58. The molecule has 0 bridgehead atoms. The van der Waals surface area contributed by atoms with E-state index < -0.39 is 0 Å². The average molecular weight is 224 g/mol. The van der Waals surface area contributed by atoms with Gasteiger partial charge >= 0.3 is 0 Å². The first-order valence-electron chi connectivity index (χ1n) is 7.27. The van der Waals surface area contributed by atoms with Gasteiger partial charge in [-0.05, 0) is 51.6 Å². The van der Waals surface area contributed by atoms with E-state index in [0.717, 1.165) is 18.0 Å². The fourth-order valence-corrected chi connectivity index (χ4v) is 2.91. The average Bonchev–Trinajstić information content (AvgIpc) is 3.10. The van der Waals surface area contributed by atoms with E-state index >= 15 is 0 Å². The molecule has 0 amide bonds. The molecular formula is C14H28N2. The molecule has 1 saturated carbocycles. The van der Waals surface area contributed by atoms with Crippen LogP contribution in [0.2, 0.25) is 0 Å². The van der Waals surface area contributed by atoms with Gasteiger partial charge in [-0.3, -0.25) is 4.90 Å². The van der Waals surface area contributed by atoms with Crippen LogP contribution in [0, 0.1) is 5.92 Å². The Balaban J connectivity index is 1.71. The van der Waals surface area contributed by atoms with Gasteiger partial charge in [0.1, 0.15) is 0 Å². The van der Waals surface area contributed by atoms with Gasteiger partial charge in [-0.1, -0.05) is 19.8 Å². The SMILES string of the molecule is CCCNC1CCCN(C(C)CC2CC2)C1. The van der Waals surface area contributed by atoms with Crippen molar-refractivity contribution in [2.45, 2.75) is 64.5 Å². The Morgan fingerprint density at radius 3 is 2.81 bits per heavy atom. The molecule has 2 heteroatoms. The molecule has 2 fully saturated rings. The van der Waals surface area contributed by atoms with Gasteiger partial charge in [-0.15, -0.1) is 0 Å². The van der Waals surface area contributed by atoms with Gasteiger partial charge in [0.25, 0.3) is 0 Å². The van der Waals surface area contributed by atoms with Crippen molar-refractivity contribution < 1.29 is 0 Å². The monoisotopic (exact) mass is 224 g/mol. The molecule has 1 saturated heterocycles. The highest BCUT2D eigenvalue weighted by Crippen LogP contribution is 2.35. The highest BCUT2D eigenvalue weighted by atomic mass is 15.2. The lowest BCUT2D eigenvalue weighted by Crippen LogP contribution is -2.49. The van der Waals surface area contributed by atoms with Crippen LogP contribution in [-0.2, 0) is 0 Å². The third-order valence-corrected chi connectivity index (χ3v) is 4.13. The van der Waals surface area contributed by atoms with Crippen LogP contribution in [0.5, 0.6) is 0 Å². The van der Waals surface area contributed by atoms with Gasteiger partial charge in [0.2, 0.25) is 0 Å². The molecule has 0 aromatic carbocycles. The molecular weight excluding hydrogens is 196 g/mol. The molecule has 1 aliphatic heterocycles. The summed E-state index contributed by atoms with van der Waals surface area (Å²) in [5.41, 5.74) is 0. The molecule has 1 N–H and O–H groups in total. The smallest absolute Gasteiger partial charge is 0.0195 e. The van der Waals surface area contributed by atoms with Gasteiger partial charge in [-0.2, -0.15) is 0 Å². The molecule has 2 nitrogen and oxygen atoms in total. The molecule has 0 spiro atoms. The first kappa shape index (κ1) is 12.4. The normalized spacial score (nSPS) is 29.2. The van der Waals surface area contributed by atoms with Gasteiger partial charge < -0.3 is 5.32 Å². The summed E-state index contributed by atoms with van der Waals surface area (Å²) in [5.74, 6) is 1.07. The Morgan fingerprint density at radius 2 is 2.12 bits per heavy atom. The molecule has 0 aromatic heterocycles. The van der Waals surface area contributed by atoms with Gasteiger partial charge in [-0.25, -0.2) is 0 Å². The van der Waals surface area contributed by atoms with Crippen LogP contribution in [0.4, 0.5) is 0 Å². The van der Waals surface area contributed by atoms with Gasteiger partial charge in [0, 0.05) is 18.6 Å². The fourth-order valence-electron chi connectivity index (χ4n) is 2.91. The zero-order valence-electron chi connectivity index (χ0n) is 11.0. The number of nitrogens with one attached hydrogen (secondary N) is 1. The van der Waals surface area contributed by atoms with Crippen molar-refractivity contribution in [3.05, 3.63) is 0 Å². The zero-order valence-corrected chi connectivity index (χ0v) is 11.0. The Bertz CT molecular complexity index is 201. The topological polar surface area (TPSA) is 15.3 Å². The summed E-state index contributed by atoms with van der Waals surface area (Å²) < 4.78 is 0. The minimum Gasteiger partial charge on any atom is -0.313 e. The van der Waals surface area contributed by atoms with Crippen molar-refractivity contribution in [1.29, 1.82) is 0 Å². The first-order valence-corrected chi connectivity index (χ1v) is 7.27. The summed E-state index contributed by atoms with van der Waals surface area (Å²) in [7, 11) is 0. The maximum Gasteiger partial charge on any atom is 0.0195 e. The second-order valence-electron chi connectivity index (χ2n) is 5.82. The minimum absolute atomic E-state index is 0.760. The Morgan fingerprint density at radius 1 is 1.31 bits per heavy atom. The summed E-state index contributed by atoms with van der Waals surface area (Å²) in [5, 5.41) is 3.68. The lowest BCUT2D eigenvalue weighted by Gasteiger charge is -2.37. The summed E-state index contributed by atoms with van der Waals surface area (Å²) in [6.07, 6.45) is 8.46. The lowest BCUT2D eigenvalue weighted by molar-refractivity contribution is 0.136. The van der Waals surface area contributed by atoms with Crippen LogP contribution < -0.4 is 5.32 Å². The third-order valence-electron chi connectivity index (χ3n) is 4.13. The third kappa shape index (κ3) is 3.74. The molecule has 1 aliphatic carbocycles. The van der Waals surface area contributed by atoms with Crippen molar-refractivity contribution in [1.82, 2.24) is 10.2 Å². The Hall–Kier alpha value is -0.0800.